The van der Waals surface area contributed by atoms with E-state index in [-0.39, 0.29) is 10.3 Å². The third-order valence-electron chi connectivity index (χ3n) is 3.24. The van der Waals surface area contributed by atoms with E-state index in [1.807, 2.05) is 0 Å². The zero-order valence-electron chi connectivity index (χ0n) is 12.2. The topological polar surface area (TPSA) is 83.3 Å². The zero-order valence-corrected chi connectivity index (χ0v) is 13.0. The van der Waals surface area contributed by atoms with Gasteiger partial charge in [0.15, 0.2) is 5.82 Å². The summed E-state index contributed by atoms with van der Waals surface area (Å²) in [6, 6.07) is 12.3. The van der Waals surface area contributed by atoms with Crippen LogP contribution in [0.2, 0.25) is 0 Å². The van der Waals surface area contributed by atoms with Crippen LogP contribution in [0.3, 0.4) is 0 Å². The molecule has 1 aromatic heterocycles. The van der Waals surface area contributed by atoms with Gasteiger partial charge in [-0.3, -0.25) is 0 Å². The molecule has 0 aliphatic heterocycles. The van der Waals surface area contributed by atoms with E-state index >= 15 is 0 Å². The van der Waals surface area contributed by atoms with Crippen molar-refractivity contribution < 1.29 is 14.3 Å². The van der Waals surface area contributed by atoms with Crippen LogP contribution in [0.1, 0.15) is 15.9 Å². The number of carbonyl (C=O) groups is 1. The van der Waals surface area contributed by atoms with Gasteiger partial charge in [-0.2, -0.15) is 14.9 Å². The Balaban J connectivity index is 2.05. The molecule has 0 amide bonds. The Bertz CT molecular complexity index is 993. The average molecular weight is 342 g/mol. The van der Waals surface area contributed by atoms with Crippen LogP contribution in [0.15, 0.2) is 53.6 Å². The number of nitrogens with one attached hydrogen (secondary N) is 1. The van der Waals surface area contributed by atoms with Crippen molar-refractivity contribution in [3.05, 3.63) is 70.2 Å². The van der Waals surface area contributed by atoms with Gasteiger partial charge in [-0.1, -0.05) is 30.3 Å². The molecule has 24 heavy (non-hydrogen) atoms. The SMILES string of the molecule is O=C(O)c1ccccc1/C=N/n1c(-c2cccc(F)c2)n[nH]c1=S. The van der Waals surface area contributed by atoms with E-state index < -0.39 is 11.8 Å². The molecule has 2 N–H and O–H groups in total. The van der Waals surface area contributed by atoms with Gasteiger partial charge in [0, 0.05) is 11.1 Å². The predicted octanol–water partition coefficient (Wildman–Crippen LogP) is 3.33. The van der Waals surface area contributed by atoms with E-state index in [9.17, 15) is 14.3 Å². The molecule has 8 heteroatoms. The Hall–Kier alpha value is -3.13. The van der Waals surface area contributed by atoms with Gasteiger partial charge in [-0.05, 0) is 30.4 Å². The van der Waals surface area contributed by atoms with Gasteiger partial charge in [-0.25, -0.2) is 14.3 Å². The zero-order chi connectivity index (χ0) is 17.1. The fourth-order valence-electron chi connectivity index (χ4n) is 2.14. The maximum Gasteiger partial charge on any atom is 0.336 e. The van der Waals surface area contributed by atoms with Crippen LogP contribution < -0.4 is 0 Å². The van der Waals surface area contributed by atoms with E-state index in [0.717, 1.165) is 0 Å². The first-order chi connectivity index (χ1) is 11.6. The number of rotatable bonds is 4. The predicted molar refractivity (Wildman–Crippen MR) is 89.2 cm³/mol. The first-order valence-electron chi connectivity index (χ1n) is 6.86. The number of aromatic carboxylic acids is 1. The molecule has 1 heterocycles. The monoisotopic (exact) mass is 342 g/mol. The van der Waals surface area contributed by atoms with Gasteiger partial charge in [-0.15, -0.1) is 0 Å². The van der Waals surface area contributed by atoms with Crippen LogP contribution in [0.25, 0.3) is 11.4 Å². The molecule has 0 aliphatic rings. The highest BCUT2D eigenvalue weighted by Gasteiger charge is 2.10. The van der Waals surface area contributed by atoms with Crippen molar-refractivity contribution in [3.8, 4) is 11.4 Å². The van der Waals surface area contributed by atoms with Crippen molar-refractivity contribution in [2.75, 3.05) is 0 Å². The van der Waals surface area contributed by atoms with Crippen LogP contribution in [0.5, 0.6) is 0 Å². The minimum absolute atomic E-state index is 0.114. The van der Waals surface area contributed by atoms with E-state index in [0.29, 0.717) is 17.0 Å². The van der Waals surface area contributed by atoms with Gasteiger partial charge in [0.05, 0.1) is 11.8 Å². The summed E-state index contributed by atoms with van der Waals surface area (Å²) in [7, 11) is 0. The van der Waals surface area contributed by atoms with Gasteiger partial charge in [0.2, 0.25) is 4.77 Å². The maximum absolute atomic E-state index is 13.4. The Morgan fingerprint density at radius 3 is 2.83 bits per heavy atom. The lowest BCUT2D eigenvalue weighted by molar-refractivity contribution is 0.0697. The van der Waals surface area contributed by atoms with E-state index in [4.69, 9.17) is 12.2 Å². The number of carboxylic acids is 1. The fraction of sp³-hybridized carbons (Fsp3) is 0. The highest BCUT2D eigenvalue weighted by molar-refractivity contribution is 7.71. The molecule has 6 nitrogen and oxygen atoms in total. The van der Waals surface area contributed by atoms with Gasteiger partial charge in [0.25, 0.3) is 0 Å². The number of carboxylic acid groups (broad SMARTS) is 1. The van der Waals surface area contributed by atoms with Crippen LogP contribution in [-0.2, 0) is 0 Å². The van der Waals surface area contributed by atoms with Crippen molar-refractivity contribution in [2.45, 2.75) is 0 Å². The molecule has 0 aliphatic carbocycles. The number of H-pyrrole nitrogens is 1. The first-order valence-corrected chi connectivity index (χ1v) is 7.27. The van der Waals surface area contributed by atoms with E-state index in [1.165, 1.54) is 29.1 Å². The van der Waals surface area contributed by atoms with Crippen LogP contribution in [0, 0.1) is 10.6 Å². The lowest BCUT2D eigenvalue weighted by Gasteiger charge is -2.02. The van der Waals surface area contributed by atoms with Crippen LogP contribution >= 0.6 is 12.2 Å². The Kier molecular flexibility index (Phi) is 4.30. The quantitative estimate of drug-likeness (QED) is 0.563. The molecule has 0 bridgehead atoms. The average Bonchev–Trinajstić information content (AvgIpc) is 2.94. The second kappa shape index (κ2) is 6.55. The van der Waals surface area contributed by atoms with Gasteiger partial charge in [0.1, 0.15) is 5.82 Å². The van der Waals surface area contributed by atoms with Crippen LogP contribution in [0.4, 0.5) is 4.39 Å². The molecule has 3 rings (SSSR count). The number of hydrogen-bond acceptors (Lipinski definition) is 4. The van der Waals surface area contributed by atoms with E-state index in [2.05, 4.69) is 15.3 Å². The second-order valence-corrected chi connectivity index (χ2v) is 5.20. The van der Waals surface area contributed by atoms with Crippen molar-refractivity contribution in [2.24, 2.45) is 5.10 Å². The van der Waals surface area contributed by atoms with Crippen LogP contribution in [-0.4, -0.2) is 32.2 Å². The molecule has 0 atom stereocenters. The lowest BCUT2D eigenvalue weighted by atomic mass is 10.1. The maximum atomic E-state index is 13.4. The van der Waals surface area contributed by atoms with Gasteiger partial charge < -0.3 is 5.11 Å². The van der Waals surface area contributed by atoms with Crippen molar-refractivity contribution in [3.63, 3.8) is 0 Å². The van der Waals surface area contributed by atoms with E-state index in [1.54, 1.807) is 30.3 Å². The minimum Gasteiger partial charge on any atom is -0.478 e. The summed E-state index contributed by atoms with van der Waals surface area (Å²) in [6.07, 6.45) is 1.37. The largest absolute Gasteiger partial charge is 0.478 e. The standard InChI is InChI=1S/C16H11FN4O2S/c17-12-6-3-5-10(8-12)14-19-20-16(24)21(14)18-9-11-4-1-2-7-13(11)15(22)23/h1-9H,(H,20,24)(H,22,23)/b18-9+. The summed E-state index contributed by atoms with van der Waals surface area (Å²) in [5.74, 6) is -1.14. The first kappa shape index (κ1) is 15.8. The summed E-state index contributed by atoms with van der Waals surface area (Å²) in [5, 5.41) is 20.0. The second-order valence-electron chi connectivity index (χ2n) is 4.81. The molecule has 0 fully saturated rings. The molecule has 0 saturated heterocycles. The smallest absolute Gasteiger partial charge is 0.336 e. The Labute approximate surface area is 140 Å². The number of aromatic amines is 1. The Morgan fingerprint density at radius 2 is 2.08 bits per heavy atom. The lowest BCUT2D eigenvalue weighted by Crippen LogP contribution is -2.02. The molecular formula is C16H11FN4O2S. The number of benzene rings is 2. The summed E-state index contributed by atoms with van der Waals surface area (Å²) < 4.78 is 14.9. The summed E-state index contributed by atoms with van der Waals surface area (Å²) in [4.78, 5) is 11.2. The van der Waals surface area contributed by atoms with Crippen molar-refractivity contribution in [1.82, 2.24) is 14.9 Å². The number of hydrogen-bond donors (Lipinski definition) is 2. The molecule has 3 aromatic rings. The fourth-order valence-corrected chi connectivity index (χ4v) is 2.32. The molecule has 120 valence electrons. The molecule has 0 unspecified atom stereocenters. The highest BCUT2D eigenvalue weighted by atomic mass is 32.1. The number of aromatic nitrogens is 3. The molecule has 0 radical (unpaired) electrons. The summed E-state index contributed by atoms with van der Waals surface area (Å²) in [6.45, 7) is 0. The molecule has 0 spiro atoms. The third kappa shape index (κ3) is 3.13. The van der Waals surface area contributed by atoms with Crippen molar-refractivity contribution >= 4 is 24.4 Å². The molecule has 2 aromatic carbocycles. The summed E-state index contributed by atoms with van der Waals surface area (Å²) >= 11 is 5.13. The normalized spacial score (nSPS) is 11.0. The van der Waals surface area contributed by atoms with Gasteiger partial charge >= 0.3 is 5.97 Å². The molecular weight excluding hydrogens is 331 g/mol. The summed E-state index contributed by atoms with van der Waals surface area (Å²) in [5.41, 5.74) is 1.02. The molecule has 0 saturated carbocycles. The Morgan fingerprint density at radius 1 is 1.29 bits per heavy atom. The number of halogens is 1. The third-order valence-corrected chi connectivity index (χ3v) is 3.50. The minimum atomic E-state index is -1.06. The number of nitrogens with zero attached hydrogens (tertiary/aromatic N) is 3. The van der Waals surface area contributed by atoms with Crippen molar-refractivity contribution in [1.29, 1.82) is 0 Å². The highest BCUT2D eigenvalue weighted by Crippen LogP contribution is 2.18.